The molecule has 0 bridgehead atoms. The van der Waals surface area contributed by atoms with Gasteiger partial charge in [0.05, 0.1) is 0 Å². The van der Waals surface area contributed by atoms with Crippen molar-refractivity contribution in [3.05, 3.63) is 25.3 Å². The van der Waals surface area contributed by atoms with Gasteiger partial charge in [-0.2, -0.15) is 0 Å². The topological polar surface area (TPSA) is 0 Å². The van der Waals surface area contributed by atoms with Crippen molar-refractivity contribution in [1.82, 2.24) is 0 Å². The van der Waals surface area contributed by atoms with Crippen LogP contribution in [0, 0.1) is 0 Å². The van der Waals surface area contributed by atoms with Crippen LogP contribution < -0.4 is 0 Å². The predicted octanol–water partition coefficient (Wildman–Crippen LogP) is 4.09. The summed E-state index contributed by atoms with van der Waals surface area (Å²) in [6, 6.07) is 0. The van der Waals surface area contributed by atoms with Crippen molar-refractivity contribution in [2.45, 2.75) is 44.9 Å². The molecule has 0 spiro atoms. The Morgan fingerprint density at radius 1 is 0.545 bits per heavy atom. The van der Waals surface area contributed by atoms with Crippen LogP contribution in [0.25, 0.3) is 0 Å². The van der Waals surface area contributed by atoms with Crippen molar-refractivity contribution in [3.8, 4) is 0 Å². The van der Waals surface area contributed by atoms with Crippen LogP contribution in [0.2, 0.25) is 0 Å². The zero-order valence-electron chi connectivity index (χ0n) is 7.52. The molecule has 0 radical (unpaired) electrons. The van der Waals surface area contributed by atoms with Gasteiger partial charge >= 0.3 is 0 Å². The highest BCUT2D eigenvalue weighted by Crippen LogP contribution is 2.15. The minimum atomic E-state index is 1.50. The molecule has 0 unspecified atom stereocenters. The molecule has 0 atom stereocenters. The molecular formula is C11H20. The highest BCUT2D eigenvalue weighted by molar-refractivity contribution is 4.88. The van der Waals surface area contributed by atoms with Crippen molar-refractivity contribution in [1.29, 1.82) is 0 Å². The van der Waals surface area contributed by atoms with Crippen molar-refractivity contribution in [3.63, 3.8) is 0 Å². The standard InChI is InChI=1S/C7H14.C4H6/c1-2-4-6-7-5-3-1;1-3-4-2/h1-7H2;3-4H,1-2H2. The van der Waals surface area contributed by atoms with Crippen LogP contribution in [0.3, 0.4) is 0 Å². The van der Waals surface area contributed by atoms with Crippen molar-refractivity contribution < 1.29 is 0 Å². The first kappa shape index (κ1) is 10.5. The Balaban J connectivity index is 0.000000218. The third-order valence-electron chi connectivity index (χ3n) is 1.92. The maximum Gasteiger partial charge on any atom is -0.0533 e. The molecule has 1 fully saturated rings. The fourth-order valence-corrected chi connectivity index (χ4v) is 1.24. The monoisotopic (exact) mass is 152 g/mol. The van der Waals surface area contributed by atoms with Crippen LogP contribution in [-0.4, -0.2) is 0 Å². The van der Waals surface area contributed by atoms with Gasteiger partial charge in [0.2, 0.25) is 0 Å². The van der Waals surface area contributed by atoms with Gasteiger partial charge in [0.15, 0.2) is 0 Å². The first-order valence-corrected chi connectivity index (χ1v) is 4.65. The molecule has 1 aliphatic carbocycles. The first-order chi connectivity index (χ1) is 5.41. The van der Waals surface area contributed by atoms with Crippen LogP contribution in [0.15, 0.2) is 25.3 Å². The minimum Gasteiger partial charge on any atom is -0.0991 e. The van der Waals surface area contributed by atoms with Gasteiger partial charge in [-0.05, 0) is 0 Å². The zero-order chi connectivity index (χ0) is 8.36. The number of hydrogen-bond donors (Lipinski definition) is 0. The Kier molecular flexibility index (Phi) is 9.03. The van der Waals surface area contributed by atoms with E-state index >= 15 is 0 Å². The van der Waals surface area contributed by atoms with E-state index in [0.717, 1.165) is 0 Å². The third kappa shape index (κ3) is 9.48. The quantitative estimate of drug-likeness (QED) is 0.392. The average molecular weight is 152 g/mol. The summed E-state index contributed by atoms with van der Waals surface area (Å²) in [5, 5.41) is 0. The van der Waals surface area contributed by atoms with Crippen LogP contribution >= 0.6 is 0 Å². The van der Waals surface area contributed by atoms with Crippen LogP contribution in [0.1, 0.15) is 44.9 Å². The molecule has 1 saturated carbocycles. The summed E-state index contributed by atoms with van der Waals surface area (Å²) in [7, 11) is 0. The predicted molar refractivity (Wildman–Crippen MR) is 52.7 cm³/mol. The maximum atomic E-state index is 3.36. The summed E-state index contributed by atoms with van der Waals surface area (Å²) < 4.78 is 0. The van der Waals surface area contributed by atoms with E-state index < -0.39 is 0 Å². The lowest BCUT2D eigenvalue weighted by Gasteiger charge is -1.85. The van der Waals surface area contributed by atoms with Gasteiger partial charge in [0, 0.05) is 0 Å². The van der Waals surface area contributed by atoms with Gasteiger partial charge in [0.1, 0.15) is 0 Å². The second-order valence-corrected chi connectivity index (χ2v) is 2.95. The molecule has 0 aromatic rings. The van der Waals surface area contributed by atoms with Gasteiger partial charge in [-0.25, -0.2) is 0 Å². The molecule has 1 aliphatic rings. The third-order valence-corrected chi connectivity index (χ3v) is 1.92. The van der Waals surface area contributed by atoms with Crippen LogP contribution in [0.4, 0.5) is 0 Å². The maximum absolute atomic E-state index is 3.36. The largest absolute Gasteiger partial charge is 0.0991 e. The minimum absolute atomic E-state index is 1.50. The highest BCUT2D eigenvalue weighted by Gasteiger charge is 1.95. The van der Waals surface area contributed by atoms with E-state index in [1.54, 1.807) is 12.2 Å². The summed E-state index contributed by atoms with van der Waals surface area (Å²) in [5.74, 6) is 0. The molecule has 0 amide bonds. The second-order valence-electron chi connectivity index (χ2n) is 2.95. The molecule has 11 heavy (non-hydrogen) atoms. The average Bonchev–Trinajstić information content (AvgIpc) is 2.35. The normalized spacial score (nSPS) is 17.1. The lowest BCUT2D eigenvalue weighted by atomic mass is 10.2. The fourth-order valence-electron chi connectivity index (χ4n) is 1.24. The molecule has 0 aromatic carbocycles. The summed E-state index contributed by atoms with van der Waals surface area (Å²) in [6.07, 6.45) is 13.8. The van der Waals surface area contributed by atoms with Crippen molar-refractivity contribution in [2.24, 2.45) is 0 Å². The van der Waals surface area contributed by atoms with E-state index in [4.69, 9.17) is 0 Å². The van der Waals surface area contributed by atoms with Gasteiger partial charge in [-0.1, -0.05) is 70.3 Å². The summed E-state index contributed by atoms with van der Waals surface area (Å²) in [5.41, 5.74) is 0. The van der Waals surface area contributed by atoms with Gasteiger partial charge in [0.25, 0.3) is 0 Å². The molecular weight excluding hydrogens is 132 g/mol. The van der Waals surface area contributed by atoms with E-state index in [1.807, 2.05) is 0 Å². The van der Waals surface area contributed by atoms with E-state index in [-0.39, 0.29) is 0 Å². The van der Waals surface area contributed by atoms with E-state index in [9.17, 15) is 0 Å². The van der Waals surface area contributed by atoms with Crippen LogP contribution in [0.5, 0.6) is 0 Å². The molecule has 0 heterocycles. The highest BCUT2D eigenvalue weighted by atomic mass is 14.0. The molecule has 0 saturated heterocycles. The molecule has 0 nitrogen and oxygen atoms in total. The summed E-state index contributed by atoms with van der Waals surface area (Å²) >= 11 is 0. The molecule has 0 aliphatic heterocycles. The lowest BCUT2D eigenvalue weighted by molar-refractivity contribution is 0.702. The zero-order valence-corrected chi connectivity index (χ0v) is 7.52. The van der Waals surface area contributed by atoms with E-state index in [2.05, 4.69) is 13.2 Å². The van der Waals surface area contributed by atoms with Gasteiger partial charge in [-0.3, -0.25) is 0 Å². The lowest BCUT2D eigenvalue weighted by Crippen LogP contribution is -1.66. The van der Waals surface area contributed by atoms with Crippen molar-refractivity contribution in [2.75, 3.05) is 0 Å². The summed E-state index contributed by atoms with van der Waals surface area (Å²) in [4.78, 5) is 0. The Bertz CT molecular complexity index is 66.6. The molecule has 0 heteroatoms. The smallest absolute Gasteiger partial charge is 0.0533 e. The Morgan fingerprint density at radius 3 is 0.818 bits per heavy atom. The summed E-state index contributed by atoms with van der Waals surface area (Å²) in [6.45, 7) is 6.72. The Labute approximate surface area is 71.0 Å². The molecule has 0 aromatic heterocycles. The van der Waals surface area contributed by atoms with E-state index in [1.165, 1.54) is 44.9 Å². The SMILES string of the molecule is C1CCCCCC1.C=CC=C. The number of allylic oxidation sites excluding steroid dienone is 2. The molecule has 0 N–H and O–H groups in total. The number of rotatable bonds is 1. The van der Waals surface area contributed by atoms with E-state index in [0.29, 0.717) is 0 Å². The fraction of sp³-hybridized carbons (Fsp3) is 0.636. The first-order valence-electron chi connectivity index (χ1n) is 4.65. The Morgan fingerprint density at radius 2 is 0.727 bits per heavy atom. The number of hydrogen-bond acceptors (Lipinski definition) is 0. The van der Waals surface area contributed by atoms with Gasteiger partial charge < -0.3 is 0 Å². The molecule has 64 valence electrons. The van der Waals surface area contributed by atoms with Gasteiger partial charge in [-0.15, -0.1) is 0 Å². The molecule has 1 rings (SSSR count). The van der Waals surface area contributed by atoms with Crippen LogP contribution in [-0.2, 0) is 0 Å². The Hall–Kier alpha value is -0.520. The van der Waals surface area contributed by atoms with Crippen molar-refractivity contribution >= 4 is 0 Å². The second kappa shape index (κ2) is 9.48.